The molecule has 0 saturated heterocycles. The van der Waals surface area contributed by atoms with Gasteiger partial charge in [0.05, 0.1) is 0 Å². The molecule has 1 rings (SSSR count). The lowest BCUT2D eigenvalue weighted by Gasteiger charge is -2.02. The van der Waals surface area contributed by atoms with Crippen LogP contribution in [0.15, 0.2) is 10.5 Å². The molecule has 13 heavy (non-hydrogen) atoms. The molecule has 4 nitrogen and oxygen atoms in total. The van der Waals surface area contributed by atoms with Gasteiger partial charge in [-0.2, -0.15) is 0 Å². The Morgan fingerprint density at radius 3 is 2.69 bits per heavy atom. The van der Waals surface area contributed by atoms with Gasteiger partial charge in [0.25, 0.3) is 0 Å². The SMILES string of the molecule is CCC(N)c1cnc(S(C)(=O)=O)s1. The fourth-order valence-electron chi connectivity index (χ4n) is 0.814. The Labute approximate surface area is 81.7 Å². The molecule has 0 bridgehead atoms. The van der Waals surface area contributed by atoms with Gasteiger partial charge in [-0.1, -0.05) is 6.92 Å². The molecule has 0 fully saturated rings. The van der Waals surface area contributed by atoms with Crippen molar-refractivity contribution in [2.24, 2.45) is 5.73 Å². The smallest absolute Gasteiger partial charge is 0.209 e. The maximum atomic E-state index is 11.1. The van der Waals surface area contributed by atoms with Gasteiger partial charge in [-0.15, -0.1) is 11.3 Å². The average molecular weight is 220 g/mol. The Morgan fingerprint density at radius 1 is 1.69 bits per heavy atom. The minimum Gasteiger partial charge on any atom is -0.323 e. The van der Waals surface area contributed by atoms with Crippen molar-refractivity contribution in [1.82, 2.24) is 4.98 Å². The molecule has 0 radical (unpaired) electrons. The van der Waals surface area contributed by atoms with Gasteiger partial charge in [0.1, 0.15) is 0 Å². The fourth-order valence-corrected chi connectivity index (χ4v) is 2.68. The number of nitrogens with two attached hydrogens (primary N) is 1. The van der Waals surface area contributed by atoms with Gasteiger partial charge in [-0.3, -0.25) is 0 Å². The first-order valence-electron chi connectivity index (χ1n) is 3.86. The molecule has 0 saturated carbocycles. The van der Waals surface area contributed by atoms with Crippen molar-refractivity contribution in [3.8, 4) is 0 Å². The quantitative estimate of drug-likeness (QED) is 0.823. The van der Waals surface area contributed by atoms with E-state index in [0.29, 0.717) is 0 Å². The van der Waals surface area contributed by atoms with E-state index >= 15 is 0 Å². The molecule has 0 aliphatic heterocycles. The molecule has 1 aromatic heterocycles. The molecule has 0 spiro atoms. The molecule has 1 unspecified atom stereocenters. The van der Waals surface area contributed by atoms with Crippen LogP contribution >= 0.6 is 11.3 Å². The summed E-state index contributed by atoms with van der Waals surface area (Å²) < 4.78 is 22.3. The van der Waals surface area contributed by atoms with E-state index in [9.17, 15) is 8.42 Å². The van der Waals surface area contributed by atoms with Crippen molar-refractivity contribution in [2.45, 2.75) is 23.7 Å². The fraction of sp³-hybridized carbons (Fsp3) is 0.571. The monoisotopic (exact) mass is 220 g/mol. The molecule has 1 aromatic rings. The number of hydrogen-bond donors (Lipinski definition) is 1. The third-order valence-corrected chi connectivity index (χ3v) is 4.45. The standard InChI is InChI=1S/C7H12N2O2S2/c1-3-5(8)6-4-9-7(12-6)13(2,10)11/h4-5H,3,8H2,1-2H3. The first kappa shape index (κ1) is 10.6. The summed E-state index contributed by atoms with van der Waals surface area (Å²) in [5.41, 5.74) is 5.73. The first-order valence-corrected chi connectivity index (χ1v) is 6.57. The highest BCUT2D eigenvalue weighted by atomic mass is 32.2. The van der Waals surface area contributed by atoms with Crippen LogP contribution in [0.3, 0.4) is 0 Å². The summed E-state index contributed by atoms with van der Waals surface area (Å²) in [5.74, 6) is 0. The van der Waals surface area contributed by atoms with E-state index in [1.807, 2.05) is 6.92 Å². The molecule has 2 N–H and O–H groups in total. The second kappa shape index (κ2) is 3.73. The van der Waals surface area contributed by atoms with Crippen molar-refractivity contribution < 1.29 is 8.42 Å². The van der Waals surface area contributed by atoms with Gasteiger partial charge in [0.15, 0.2) is 0 Å². The third kappa shape index (κ3) is 2.49. The van der Waals surface area contributed by atoms with Gasteiger partial charge in [0.2, 0.25) is 14.2 Å². The lowest BCUT2D eigenvalue weighted by molar-refractivity contribution is 0.601. The molecule has 6 heteroatoms. The second-order valence-corrected chi connectivity index (χ2v) is 6.07. The highest BCUT2D eigenvalue weighted by Gasteiger charge is 2.15. The van der Waals surface area contributed by atoms with E-state index in [4.69, 9.17) is 5.73 Å². The molecular formula is C7H12N2O2S2. The topological polar surface area (TPSA) is 73.0 Å². The molecular weight excluding hydrogens is 208 g/mol. The number of hydrogen-bond acceptors (Lipinski definition) is 5. The molecule has 0 aromatic carbocycles. The second-order valence-electron chi connectivity index (χ2n) is 2.82. The number of thiazole rings is 1. The molecule has 0 aliphatic carbocycles. The zero-order chi connectivity index (χ0) is 10.1. The van der Waals surface area contributed by atoms with Crippen LogP contribution < -0.4 is 5.73 Å². The summed E-state index contributed by atoms with van der Waals surface area (Å²) in [6, 6.07) is -0.104. The molecule has 0 amide bonds. The predicted molar refractivity (Wildman–Crippen MR) is 52.4 cm³/mol. The summed E-state index contributed by atoms with van der Waals surface area (Å²) in [5, 5.41) is 0. The van der Waals surface area contributed by atoms with Gasteiger partial charge in [-0.05, 0) is 6.42 Å². The number of aromatic nitrogens is 1. The summed E-state index contributed by atoms with van der Waals surface area (Å²) >= 11 is 1.15. The maximum absolute atomic E-state index is 11.1. The Bertz CT molecular complexity index is 383. The summed E-state index contributed by atoms with van der Waals surface area (Å²) in [6.45, 7) is 1.95. The molecule has 74 valence electrons. The maximum Gasteiger partial charge on any atom is 0.209 e. The molecule has 0 aliphatic rings. The normalized spacial score (nSPS) is 14.4. The number of sulfone groups is 1. The van der Waals surface area contributed by atoms with E-state index in [2.05, 4.69) is 4.98 Å². The van der Waals surface area contributed by atoms with E-state index < -0.39 is 9.84 Å². The summed E-state index contributed by atoms with van der Waals surface area (Å²) in [4.78, 5) is 4.63. The first-order chi connectivity index (χ1) is 5.95. The predicted octanol–water partition coefficient (Wildman–Crippen LogP) is 0.956. The van der Waals surface area contributed by atoms with E-state index in [0.717, 1.165) is 28.9 Å². The Kier molecular flexibility index (Phi) is 3.05. The highest BCUT2D eigenvalue weighted by Crippen LogP contribution is 2.23. The van der Waals surface area contributed by atoms with Crippen LogP contribution in [0.2, 0.25) is 0 Å². The van der Waals surface area contributed by atoms with Crippen molar-refractivity contribution in [2.75, 3.05) is 6.26 Å². The lowest BCUT2D eigenvalue weighted by atomic mass is 10.2. The van der Waals surface area contributed by atoms with Crippen molar-refractivity contribution in [1.29, 1.82) is 0 Å². The molecule has 1 heterocycles. The van der Waals surface area contributed by atoms with Gasteiger partial charge in [-0.25, -0.2) is 13.4 Å². The number of nitrogens with zero attached hydrogens (tertiary/aromatic N) is 1. The number of rotatable bonds is 3. The minimum atomic E-state index is -3.17. The van der Waals surface area contributed by atoms with Crippen LogP contribution in [-0.2, 0) is 9.84 Å². The van der Waals surface area contributed by atoms with E-state index in [1.165, 1.54) is 6.20 Å². The van der Waals surface area contributed by atoms with Crippen LogP contribution in [0.4, 0.5) is 0 Å². The van der Waals surface area contributed by atoms with Crippen LogP contribution in [-0.4, -0.2) is 19.7 Å². The zero-order valence-electron chi connectivity index (χ0n) is 7.52. The third-order valence-electron chi connectivity index (χ3n) is 1.62. The van der Waals surface area contributed by atoms with E-state index in [1.54, 1.807) is 0 Å². The summed E-state index contributed by atoms with van der Waals surface area (Å²) in [7, 11) is -3.17. The van der Waals surface area contributed by atoms with Crippen molar-refractivity contribution in [3.63, 3.8) is 0 Å². The van der Waals surface area contributed by atoms with Crippen molar-refractivity contribution >= 4 is 21.2 Å². The Balaban J connectivity index is 3.00. The van der Waals surface area contributed by atoms with Crippen LogP contribution in [0, 0.1) is 0 Å². The zero-order valence-corrected chi connectivity index (χ0v) is 9.15. The van der Waals surface area contributed by atoms with Crippen LogP contribution in [0.1, 0.15) is 24.3 Å². The van der Waals surface area contributed by atoms with E-state index in [-0.39, 0.29) is 10.4 Å². The summed E-state index contributed by atoms with van der Waals surface area (Å²) in [6.07, 6.45) is 3.47. The van der Waals surface area contributed by atoms with Crippen LogP contribution in [0.5, 0.6) is 0 Å². The Morgan fingerprint density at radius 2 is 2.31 bits per heavy atom. The van der Waals surface area contributed by atoms with Gasteiger partial charge < -0.3 is 5.73 Å². The Hall–Kier alpha value is -0.460. The largest absolute Gasteiger partial charge is 0.323 e. The lowest BCUT2D eigenvalue weighted by Crippen LogP contribution is -2.06. The van der Waals surface area contributed by atoms with Gasteiger partial charge >= 0.3 is 0 Å². The van der Waals surface area contributed by atoms with Crippen molar-refractivity contribution in [3.05, 3.63) is 11.1 Å². The van der Waals surface area contributed by atoms with Gasteiger partial charge in [0, 0.05) is 23.4 Å². The highest BCUT2D eigenvalue weighted by molar-refractivity contribution is 7.92. The molecule has 1 atom stereocenters. The van der Waals surface area contributed by atoms with Crippen LogP contribution in [0.25, 0.3) is 0 Å². The minimum absolute atomic E-state index is 0.104. The average Bonchev–Trinajstić information content (AvgIpc) is 2.50.